The molecule has 0 amide bonds. The van der Waals surface area contributed by atoms with Crippen LogP contribution in [0.2, 0.25) is 0 Å². The quantitative estimate of drug-likeness (QED) is 0.238. The van der Waals surface area contributed by atoms with Crippen molar-refractivity contribution in [2.24, 2.45) is 5.16 Å². The van der Waals surface area contributed by atoms with Crippen molar-refractivity contribution in [2.75, 3.05) is 0 Å². The van der Waals surface area contributed by atoms with Gasteiger partial charge in [0.25, 0.3) is 0 Å². The van der Waals surface area contributed by atoms with E-state index in [0.29, 0.717) is 5.84 Å². The molecule has 0 bridgehead atoms. The lowest BCUT2D eigenvalue weighted by Gasteiger charge is -1.92. The van der Waals surface area contributed by atoms with Crippen LogP contribution in [0, 0.1) is 0 Å². The van der Waals surface area contributed by atoms with Gasteiger partial charge in [0.2, 0.25) is 0 Å². The molecule has 0 aliphatic rings. The zero-order valence-corrected chi connectivity index (χ0v) is 5.02. The predicted octanol–water partition coefficient (Wildman–Crippen LogP) is 0.539. The molecule has 0 aromatic carbocycles. The number of aromatic nitrogens is 2. The summed E-state index contributed by atoms with van der Waals surface area (Å²) in [5.41, 5.74) is 0. The van der Waals surface area contributed by atoms with Gasteiger partial charge in [-0.2, -0.15) is 5.10 Å². The molecular weight excluding hydrogens is 118 g/mol. The molecule has 0 aliphatic heterocycles. The molecule has 0 saturated heterocycles. The van der Waals surface area contributed by atoms with E-state index in [1.165, 1.54) is 4.68 Å². The number of hydrogen-bond acceptors (Lipinski definition) is 3. The van der Waals surface area contributed by atoms with Crippen LogP contribution in [-0.2, 0) is 0 Å². The molecule has 0 radical (unpaired) electrons. The Balaban J connectivity index is 2.90. The predicted molar refractivity (Wildman–Crippen MR) is 32.5 cm³/mol. The van der Waals surface area contributed by atoms with Gasteiger partial charge in [0.15, 0.2) is 5.84 Å². The van der Waals surface area contributed by atoms with Crippen LogP contribution in [0.15, 0.2) is 23.6 Å². The molecule has 1 heterocycles. The third-order valence-corrected chi connectivity index (χ3v) is 0.981. The third-order valence-electron chi connectivity index (χ3n) is 0.981. The zero-order valence-electron chi connectivity index (χ0n) is 5.02. The third kappa shape index (κ3) is 1.07. The molecule has 0 aliphatic carbocycles. The lowest BCUT2D eigenvalue weighted by atomic mass is 10.7. The van der Waals surface area contributed by atoms with Crippen LogP contribution < -0.4 is 0 Å². The summed E-state index contributed by atoms with van der Waals surface area (Å²) in [6.45, 7) is 1.66. The maximum Gasteiger partial charge on any atom is 0.165 e. The van der Waals surface area contributed by atoms with Crippen LogP contribution in [0.1, 0.15) is 6.92 Å². The minimum Gasteiger partial charge on any atom is -0.409 e. The molecule has 1 N–H and O–H groups in total. The maximum atomic E-state index is 8.23. The second-order valence-electron chi connectivity index (χ2n) is 1.60. The van der Waals surface area contributed by atoms with E-state index in [0.717, 1.165) is 0 Å². The monoisotopic (exact) mass is 125 g/mol. The highest BCUT2D eigenvalue weighted by atomic mass is 16.4. The van der Waals surface area contributed by atoms with Gasteiger partial charge >= 0.3 is 0 Å². The lowest BCUT2D eigenvalue weighted by molar-refractivity contribution is 0.316. The van der Waals surface area contributed by atoms with E-state index in [4.69, 9.17) is 5.21 Å². The number of nitrogens with zero attached hydrogens (tertiary/aromatic N) is 3. The highest BCUT2D eigenvalue weighted by molar-refractivity contribution is 5.80. The van der Waals surface area contributed by atoms with Gasteiger partial charge < -0.3 is 5.21 Å². The van der Waals surface area contributed by atoms with Gasteiger partial charge in [-0.1, -0.05) is 5.16 Å². The second kappa shape index (κ2) is 2.30. The van der Waals surface area contributed by atoms with Crippen LogP contribution in [0.4, 0.5) is 0 Å². The first-order chi connectivity index (χ1) is 4.34. The summed E-state index contributed by atoms with van der Waals surface area (Å²) in [4.78, 5) is 0. The van der Waals surface area contributed by atoms with Crippen molar-refractivity contribution in [1.29, 1.82) is 0 Å². The Morgan fingerprint density at radius 1 is 1.78 bits per heavy atom. The maximum absolute atomic E-state index is 8.23. The summed E-state index contributed by atoms with van der Waals surface area (Å²) in [7, 11) is 0. The molecule has 48 valence electrons. The summed E-state index contributed by atoms with van der Waals surface area (Å²) >= 11 is 0. The largest absolute Gasteiger partial charge is 0.409 e. The van der Waals surface area contributed by atoms with E-state index in [1.807, 2.05) is 0 Å². The van der Waals surface area contributed by atoms with Crippen LogP contribution in [-0.4, -0.2) is 20.8 Å². The minimum atomic E-state index is 0.458. The molecule has 1 rings (SSSR count). The Morgan fingerprint density at radius 3 is 3.00 bits per heavy atom. The molecule has 4 nitrogen and oxygen atoms in total. The molecule has 1 aromatic rings. The van der Waals surface area contributed by atoms with Crippen molar-refractivity contribution >= 4 is 5.84 Å². The van der Waals surface area contributed by atoms with Gasteiger partial charge in [-0.15, -0.1) is 0 Å². The molecule has 4 heteroatoms. The van der Waals surface area contributed by atoms with E-state index in [9.17, 15) is 0 Å². The molecular formula is C5H7N3O. The van der Waals surface area contributed by atoms with Crippen LogP contribution >= 0.6 is 0 Å². The van der Waals surface area contributed by atoms with Crippen molar-refractivity contribution in [1.82, 2.24) is 9.78 Å². The van der Waals surface area contributed by atoms with Crippen LogP contribution in [0.25, 0.3) is 0 Å². The Bertz CT molecular complexity index is 202. The fraction of sp³-hybridized carbons (Fsp3) is 0.200. The number of oxime groups is 1. The minimum absolute atomic E-state index is 0.458. The summed E-state index contributed by atoms with van der Waals surface area (Å²) < 4.78 is 1.47. The van der Waals surface area contributed by atoms with Gasteiger partial charge in [0.1, 0.15) is 0 Å². The van der Waals surface area contributed by atoms with Gasteiger partial charge in [-0.25, -0.2) is 4.68 Å². The first-order valence-corrected chi connectivity index (χ1v) is 2.53. The number of rotatable bonds is 0. The van der Waals surface area contributed by atoms with Crippen molar-refractivity contribution in [3.05, 3.63) is 18.5 Å². The normalized spacial score (nSPS) is 11.9. The van der Waals surface area contributed by atoms with Gasteiger partial charge in [-0.05, 0) is 13.0 Å². The molecule has 0 atom stereocenters. The average molecular weight is 125 g/mol. The zero-order chi connectivity index (χ0) is 6.69. The SMILES string of the molecule is C/C(=N/O)n1cccn1. The fourth-order valence-corrected chi connectivity index (χ4v) is 0.506. The highest BCUT2D eigenvalue weighted by Gasteiger charge is 1.90. The van der Waals surface area contributed by atoms with Crippen molar-refractivity contribution in [2.45, 2.75) is 6.92 Å². The summed E-state index contributed by atoms with van der Waals surface area (Å²) in [5.74, 6) is 0.458. The molecule has 1 aromatic heterocycles. The summed E-state index contributed by atoms with van der Waals surface area (Å²) in [6, 6.07) is 1.76. The highest BCUT2D eigenvalue weighted by Crippen LogP contribution is 1.83. The summed E-state index contributed by atoms with van der Waals surface area (Å²) in [6.07, 6.45) is 3.32. The van der Waals surface area contributed by atoms with Crippen LogP contribution in [0.5, 0.6) is 0 Å². The van der Waals surface area contributed by atoms with Crippen molar-refractivity contribution in [3.8, 4) is 0 Å². The van der Waals surface area contributed by atoms with Gasteiger partial charge in [0, 0.05) is 12.4 Å². The number of hydrogen-bond donors (Lipinski definition) is 1. The van der Waals surface area contributed by atoms with E-state index >= 15 is 0 Å². The van der Waals surface area contributed by atoms with Crippen molar-refractivity contribution < 1.29 is 5.21 Å². The first-order valence-electron chi connectivity index (χ1n) is 2.53. The molecule has 0 saturated carbocycles. The van der Waals surface area contributed by atoms with Gasteiger partial charge in [-0.3, -0.25) is 0 Å². The lowest BCUT2D eigenvalue weighted by Crippen LogP contribution is -2.06. The molecule has 9 heavy (non-hydrogen) atoms. The Labute approximate surface area is 52.4 Å². The van der Waals surface area contributed by atoms with Gasteiger partial charge in [0.05, 0.1) is 0 Å². The molecule has 0 fully saturated rings. The Hall–Kier alpha value is -1.32. The topological polar surface area (TPSA) is 50.4 Å². The molecule has 0 unspecified atom stereocenters. The Kier molecular flexibility index (Phi) is 1.48. The summed E-state index contributed by atoms with van der Waals surface area (Å²) in [5, 5.41) is 15.0. The standard InChI is InChI=1S/C5H7N3O/c1-5(7-9)8-4-2-3-6-8/h2-4,9H,1H3/b7-5-. The van der Waals surface area contributed by atoms with E-state index < -0.39 is 0 Å². The Morgan fingerprint density at radius 2 is 2.56 bits per heavy atom. The first kappa shape index (κ1) is 5.81. The fourth-order valence-electron chi connectivity index (χ4n) is 0.506. The average Bonchev–Trinajstić information content (AvgIpc) is 2.37. The van der Waals surface area contributed by atoms with E-state index in [2.05, 4.69) is 10.3 Å². The van der Waals surface area contributed by atoms with E-state index in [1.54, 1.807) is 25.4 Å². The van der Waals surface area contributed by atoms with Crippen molar-refractivity contribution in [3.63, 3.8) is 0 Å². The second-order valence-corrected chi connectivity index (χ2v) is 1.60. The smallest absolute Gasteiger partial charge is 0.165 e. The van der Waals surface area contributed by atoms with Crippen LogP contribution in [0.3, 0.4) is 0 Å². The van der Waals surface area contributed by atoms with E-state index in [-0.39, 0.29) is 0 Å². The molecule has 0 spiro atoms.